The molecule has 0 aromatic heterocycles. The summed E-state index contributed by atoms with van der Waals surface area (Å²) in [7, 11) is 0. The van der Waals surface area contributed by atoms with Gasteiger partial charge in [0.1, 0.15) is 5.82 Å². The monoisotopic (exact) mass is 495 g/mol. The lowest BCUT2D eigenvalue weighted by Gasteiger charge is -2.13. The second kappa shape index (κ2) is 10.6. The maximum absolute atomic E-state index is 13.2. The smallest absolute Gasteiger partial charge is 0.293 e. The molecule has 3 rings (SSSR count). The zero-order chi connectivity index (χ0) is 23.3. The summed E-state index contributed by atoms with van der Waals surface area (Å²) in [5.74, 6) is -2.20. The Hall–Kier alpha value is -2.88. The Balaban J connectivity index is 1.49. The van der Waals surface area contributed by atoms with Crippen LogP contribution in [-0.4, -0.2) is 47.5 Å². The van der Waals surface area contributed by atoms with E-state index in [0.717, 1.165) is 22.7 Å². The molecule has 0 aliphatic carbocycles. The van der Waals surface area contributed by atoms with Gasteiger partial charge in [-0.05, 0) is 47.7 Å². The maximum atomic E-state index is 13.2. The fourth-order valence-electron chi connectivity index (χ4n) is 2.73. The predicted molar refractivity (Wildman–Crippen MR) is 121 cm³/mol. The van der Waals surface area contributed by atoms with Gasteiger partial charge in [-0.2, -0.15) is 0 Å². The number of nitrogens with zero attached hydrogens (tertiary/aromatic N) is 1. The quantitative estimate of drug-likeness (QED) is 0.570. The molecule has 0 atom stereocenters. The van der Waals surface area contributed by atoms with Gasteiger partial charge in [-0.3, -0.25) is 24.1 Å². The summed E-state index contributed by atoms with van der Waals surface area (Å²) in [6.07, 6.45) is 1.49. The van der Waals surface area contributed by atoms with E-state index in [1.807, 2.05) is 0 Å². The molecule has 1 heterocycles. The van der Waals surface area contributed by atoms with Gasteiger partial charge in [0.05, 0.1) is 21.5 Å². The molecule has 0 radical (unpaired) electrons. The molecule has 2 aromatic carbocycles. The summed E-state index contributed by atoms with van der Waals surface area (Å²) in [5, 5.41) is 4.99. The lowest BCUT2D eigenvalue weighted by Crippen LogP contribution is -2.41. The van der Waals surface area contributed by atoms with Crippen LogP contribution in [0.15, 0.2) is 47.4 Å². The number of benzene rings is 2. The van der Waals surface area contributed by atoms with Crippen molar-refractivity contribution in [3.8, 4) is 0 Å². The van der Waals surface area contributed by atoms with Crippen LogP contribution in [0.5, 0.6) is 0 Å². The first-order chi connectivity index (χ1) is 15.3. The molecule has 166 valence electrons. The third-order valence-corrected chi connectivity index (χ3v) is 6.04. The number of hydrogen-bond donors (Lipinski definition) is 2. The minimum absolute atomic E-state index is 0.00207. The van der Waals surface area contributed by atoms with Crippen molar-refractivity contribution in [2.75, 3.05) is 19.6 Å². The Morgan fingerprint density at radius 3 is 2.59 bits per heavy atom. The number of imide groups is 1. The van der Waals surface area contributed by atoms with Crippen LogP contribution >= 0.6 is 35.0 Å². The SMILES string of the molecule is O=C(CNC(=O)c1cccc(F)c1)NCCN1C(=O)S/C(=C\c2cccc(Cl)c2Cl)C1=O. The standard InChI is InChI=1S/C21H16Cl2FN3O4S/c22-15-6-2-3-12(18(15)23)10-16-20(30)27(21(31)32-16)8-7-25-17(28)11-26-19(29)13-4-1-5-14(24)9-13/h1-6,9-10H,7-8,11H2,(H,25,28)(H,26,29)/b16-10-. The second-order valence-electron chi connectivity index (χ2n) is 6.52. The van der Waals surface area contributed by atoms with Crippen LogP contribution in [0.2, 0.25) is 10.0 Å². The number of carbonyl (C=O) groups excluding carboxylic acids is 4. The molecule has 0 unspecified atom stereocenters. The van der Waals surface area contributed by atoms with Crippen molar-refractivity contribution in [3.05, 3.63) is 74.4 Å². The van der Waals surface area contributed by atoms with E-state index >= 15 is 0 Å². The summed E-state index contributed by atoms with van der Waals surface area (Å²) in [5.41, 5.74) is 0.592. The highest BCUT2D eigenvalue weighted by Crippen LogP contribution is 2.34. The van der Waals surface area contributed by atoms with E-state index in [1.165, 1.54) is 24.3 Å². The molecule has 1 fully saturated rings. The van der Waals surface area contributed by atoms with E-state index in [2.05, 4.69) is 10.6 Å². The average molecular weight is 496 g/mol. The number of hydrogen-bond acceptors (Lipinski definition) is 5. The van der Waals surface area contributed by atoms with Gasteiger partial charge in [-0.15, -0.1) is 0 Å². The predicted octanol–water partition coefficient (Wildman–Crippen LogP) is 3.72. The maximum Gasteiger partial charge on any atom is 0.293 e. The number of amides is 4. The highest BCUT2D eigenvalue weighted by molar-refractivity contribution is 8.18. The van der Waals surface area contributed by atoms with Gasteiger partial charge in [-0.25, -0.2) is 4.39 Å². The molecular formula is C21H16Cl2FN3O4S. The average Bonchev–Trinajstić information content (AvgIpc) is 3.02. The van der Waals surface area contributed by atoms with Gasteiger partial charge in [0.15, 0.2) is 0 Å². The molecule has 1 aliphatic rings. The molecule has 1 aliphatic heterocycles. The van der Waals surface area contributed by atoms with Crippen LogP contribution in [0.3, 0.4) is 0 Å². The molecule has 32 heavy (non-hydrogen) atoms. The Morgan fingerprint density at radius 2 is 1.84 bits per heavy atom. The van der Waals surface area contributed by atoms with Gasteiger partial charge in [0, 0.05) is 18.7 Å². The first-order valence-electron chi connectivity index (χ1n) is 9.26. The molecule has 7 nitrogen and oxygen atoms in total. The Labute approximate surface area is 196 Å². The molecule has 11 heteroatoms. The number of nitrogens with one attached hydrogen (secondary N) is 2. The summed E-state index contributed by atoms with van der Waals surface area (Å²) >= 11 is 12.8. The highest BCUT2D eigenvalue weighted by atomic mass is 35.5. The molecule has 2 aromatic rings. The number of rotatable bonds is 7. The van der Waals surface area contributed by atoms with E-state index < -0.39 is 28.8 Å². The van der Waals surface area contributed by atoms with Crippen LogP contribution in [0.1, 0.15) is 15.9 Å². The molecular weight excluding hydrogens is 480 g/mol. The van der Waals surface area contributed by atoms with E-state index in [0.29, 0.717) is 10.6 Å². The Kier molecular flexibility index (Phi) is 7.89. The Morgan fingerprint density at radius 1 is 1.09 bits per heavy atom. The minimum Gasteiger partial charge on any atom is -0.353 e. The number of thioether (sulfide) groups is 1. The van der Waals surface area contributed by atoms with Crippen molar-refractivity contribution < 1.29 is 23.6 Å². The summed E-state index contributed by atoms with van der Waals surface area (Å²) in [6.45, 7) is -0.392. The van der Waals surface area contributed by atoms with E-state index in [1.54, 1.807) is 18.2 Å². The summed E-state index contributed by atoms with van der Waals surface area (Å²) in [6, 6.07) is 10.0. The second-order valence-corrected chi connectivity index (χ2v) is 8.30. The summed E-state index contributed by atoms with van der Waals surface area (Å²) < 4.78 is 13.2. The molecule has 4 amide bonds. The van der Waals surface area contributed by atoms with Gasteiger partial charge in [0.25, 0.3) is 17.1 Å². The largest absolute Gasteiger partial charge is 0.353 e. The van der Waals surface area contributed by atoms with E-state index in [4.69, 9.17) is 23.2 Å². The highest BCUT2D eigenvalue weighted by Gasteiger charge is 2.34. The molecule has 1 saturated heterocycles. The normalized spacial score (nSPS) is 14.7. The van der Waals surface area contributed by atoms with Crippen molar-refractivity contribution in [2.45, 2.75) is 0 Å². The van der Waals surface area contributed by atoms with Gasteiger partial charge in [-0.1, -0.05) is 41.4 Å². The van der Waals surface area contributed by atoms with Crippen LogP contribution in [0.4, 0.5) is 9.18 Å². The molecule has 0 spiro atoms. The fraction of sp³-hybridized carbons (Fsp3) is 0.143. The van der Waals surface area contributed by atoms with Crippen LogP contribution in [0.25, 0.3) is 6.08 Å². The zero-order valence-electron chi connectivity index (χ0n) is 16.4. The zero-order valence-corrected chi connectivity index (χ0v) is 18.7. The first-order valence-corrected chi connectivity index (χ1v) is 10.8. The lowest BCUT2D eigenvalue weighted by molar-refractivity contribution is -0.124. The molecule has 2 N–H and O–H groups in total. The number of carbonyl (C=O) groups is 4. The van der Waals surface area contributed by atoms with Crippen molar-refractivity contribution in [3.63, 3.8) is 0 Å². The van der Waals surface area contributed by atoms with Crippen molar-refractivity contribution in [1.29, 1.82) is 0 Å². The van der Waals surface area contributed by atoms with Gasteiger partial charge < -0.3 is 10.6 Å². The van der Waals surface area contributed by atoms with Crippen molar-refractivity contribution in [1.82, 2.24) is 15.5 Å². The Bertz CT molecular complexity index is 1130. The molecule has 0 bridgehead atoms. The van der Waals surface area contributed by atoms with Crippen molar-refractivity contribution >= 4 is 64.0 Å². The minimum atomic E-state index is -0.601. The van der Waals surface area contributed by atoms with E-state index in [9.17, 15) is 23.6 Å². The first kappa shape index (κ1) is 23.8. The number of halogens is 3. The van der Waals surface area contributed by atoms with Gasteiger partial charge >= 0.3 is 0 Å². The third-order valence-electron chi connectivity index (χ3n) is 4.30. The fourth-order valence-corrected chi connectivity index (χ4v) is 3.95. The van der Waals surface area contributed by atoms with E-state index in [-0.39, 0.29) is 35.1 Å². The van der Waals surface area contributed by atoms with Crippen LogP contribution in [-0.2, 0) is 9.59 Å². The van der Waals surface area contributed by atoms with Gasteiger partial charge in [0.2, 0.25) is 5.91 Å². The summed E-state index contributed by atoms with van der Waals surface area (Å²) in [4.78, 5) is 49.7. The van der Waals surface area contributed by atoms with Crippen LogP contribution < -0.4 is 10.6 Å². The lowest BCUT2D eigenvalue weighted by atomic mass is 10.2. The topological polar surface area (TPSA) is 95.6 Å². The van der Waals surface area contributed by atoms with Crippen LogP contribution in [0, 0.1) is 5.82 Å². The van der Waals surface area contributed by atoms with Crippen molar-refractivity contribution in [2.24, 2.45) is 0 Å². The molecule has 0 saturated carbocycles. The third kappa shape index (κ3) is 5.87.